The Balaban J connectivity index is 1.88. The predicted octanol–water partition coefficient (Wildman–Crippen LogP) is 4.81. The van der Waals surface area contributed by atoms with Crippen molar-refractivity contribution in [3.8, 4) is 0 Å². The molecule has 5 nitrogen and oxygen atoms in total. The van der Waals surface area contributed by atoms with Crippen molar-refractivity contribution >= 4 is 28.3 Å². The molecule has 0 unspecified atom stereocenters. The molecule has 1 heterocycles. The number of nitrogens with one attached hydrogen (secondary N) is 2. The highest BCUT2D eigenvalue weighted by atomic mass is 19.4. The third kappa shape index (κ3) is 4.40. The summed E-state index contributed by atoms with van der Waals surface area (Å²) in [6.07, 6.45) is -4.37. The number of ether oxygens (including phenoxy) is 1. The van der Waals surface area contributed by atoms with Gasteiger partial charge in [-0.1, -0.05) is 30.3 Å². The summed E-state index contributed by atoms with van der Waals surface area (Å²) in [5.74, 6) is -0.511. The number of furan rings is 1. The van der Waals surface area contributed by atoms with Crippen molar-refractivity contribution < 1.29 is 27.1 Å². The number of rotatable bonds is 6. The topological polar surface area (TPSA) is 63.5 Å². The summed E-state index contributed by atoms with van der Waals surface area (Å²) in [5, 5.41) is 5.63. The number of benzene rings is 2. The average Bonchev–Trinajstić information content (AvgIpc) is 3.00. The lowest BCUT2D eigenvalue weighted by atomic mass is 10.1. The number of hydrogen-bond donors (Lipinski definition) is 2. The lowest BCUT2D eigenvalue weighted by Crippen LogP contribution is -2.22. The Morgan fingerprint density at radius 2 is 1.74 bits per heavy atom. The summed E-state index contributed by atoms with van der Waals surface area (Å²) < 4.78 is 48.2. The minimum Gasteiger partial charge on any atom is -0.451 e. The van der Waals surface area contributed by atoms with Crippen LogP contribution in [-0.4, -0.2) is 25.7 Å². The van der Waals surface area contributed by atoms with Crippen molar-refractivity contribution in [2.24, 2.45) is 0 Å². The maximum atomic E-state index is 12.7. The number of anilines is 2. The zero-order valence-corrected chi connectivity index (χ0v) is 14.4. The molecular formula is C19H17F3N2O3. The van der Waals surface area contributed by atoms with E-state index in [1.54, 1.807) is 24.3 Å². The van der Waals surface area contributed by atoms with Gasteiger partial charge in [-0.15, -0.1) is 0 Å². The van der Waals surface area contributed by atoms with E-state index in [4.69, 9.17) is 9.15 Å². The molecule has 0 saturated carbocycles. The van der Waals surface area contributed by atoms with Crippen LogP contribution in [-0.2, 0) is 11.3 Å². The highest BCUT2D eigenvalue weighted by Gasteiger charge is 2.27. The summed E-state index contributed by atoms with van der Waals surface area (Å²) in [4.78, 5) is 12.7. The minimum absolute atomic E-state index is 0.0590. The Morgan fingerprint density at radius 1 is 1.07 bits per heavy atom. The van der Waals surface area contributed by atoms with Crippen molar-refractivity contribution in [2.45, 2.75) is 12.8 Å². The van der Waals surface area contributed by atoms with Crippen molar-refractivity contribution in [2.75, 3.05) is 24.3 Å². The van der Waals surface area contributed by atoms with Gasteiger partial charge in [0.05, 0.1) is 18.0 Å². The smallest absolute Gasteiger partial charge is 0.405 e. The van der Waals surface area contributed by atoms with Crippen molar-refractivity contribution in [3.05, 3.63) is 59.9 Å². The van der Waals surface area contributed by atoms with Gasteiger partial charge in [0.25, 0.3) is 5.91 Å². The van der Waals surface area contributed by atoms with Crippen LogP contribution in [0.3, 0.4) is 0 Å². The molecule has 0 fully saturated rings. The molecular weight excluding hydrogens is 361 g/mol. The molecule has 27 heavy (non-hydrogen) atoms. The van der Waals surface area contributed by atoms with Crippen LogP contribution in [0.1, 0.15) is 16.1 Å². The number of fused-ring (bicyclic) bond motifs is 1. The maximum Gasteiger partial charge on any atom is 0.405 e. The Kier molecular flexibility index (Phi) is 5.36. The molecule has 0 saturated heterocycles. The van der Waals surface area contributed by atoms with Crippen molar-refractivity contribution in [1.29, 1.82) is 0 Å². The Labute approximate surface area is 153 Å². The number of amides is 1. The lowest BCUT2D eigenvalue weighted by molar-refractivity contribution is -0.115. The van der Waals surface area contributed by atoms with E-state index in [0.29, 0.717) is 11.1 Å². The van der Waals surface area contributed by atoms with E-state index >= 15 is 0 Å². The monoisotopic (exact) mass is 378 g/mol. The summed E-state index contributed by atoms with van der Waals surface area (Å²) in [6, 6.07) is 13.3. The fourth-order valence-corrected chi connectivity index (χ4v) is 2.69. The molecule has 2 N–H and O–H groups in total. The van der Waals surface area contributed by atoms with Gasteiger partial charge < -0.3 is 19.8 Å². The first-order valence-electron chi connectivity index (χ1n) is 8.09. The SMILES string of the molecule is COCc1c(C(=O)Nc2ccccc2NCC(F)(F)F)oc2ccccc12. The van der Waals surface area contributed by atoms with Crippen LogP contribution >= 0.6 is 0 Å². The number of carbonyl (C=O) groups excluding carboxylic acids is 1. The highest BCUT2D eigenvalue weighted by molar-refractivity contribution is 6.07. The molecule has 0 spiro atoms. The van der Waals surface area contributed by atoms with Crippen LogP contribution in [0.5, 0.6) is 0 Å². The molecule has 0 aliphatic carbocycles. The molecule has 1 aromatic heterocycles. The van der Waals surface area contributed by atoms with Crippen LogP contribution in [0.4, 0.5) is 24.5 Å². The van der Waals surface area contributed by atoms with Crippen LogP contribution in [0.2, 0.25) is 0 Å². The summed E-state index contributed by atoms with van der Waals surface area (Å²) in [7, 11) is 1.50. The first-order valence-corrected chi connectivity index (χ1v) is 8.09. The third-order valence-corrected chi connectivity index (χ3v) is 3.85. The van der Waals surface area contributed by atoms with Gasteiger partial charge in [-0.05, 0) is 18.2 Å². The second-order valence-corrected chi connectivity index (χ2v) is 5.81. The Hall–Kier alpha value is -3.00. The van der Waals surface area contributed by atoms with E-state index in [9.17, 15) is 18.0 Å². The predicted molar refractivity (Wildman–Crippen MR) is 95.9 cm³/mol. The number of alkyl halides is 3. The molecule has 2 aromatic carbocycles. The summed E-state index contributed by atoms with van der Waals surface area (Å²) >= 11 is 0. The largest absolute Gasteiger partial charge is 0.451 e. The van der Waals surface area contributed by atoms with Crippen LogP contribution < -0.4 is 10.6 Å². The van der Waals surface area contributed by atoms with E-state index in [0.717, 1.165) is 5.39 Å². The second kappa shape index (κ2) is 7.71. The molecule has 142 valence electrons. The molecule has 0 atom stereocenters. The van der Waals surface area contributed by atoms with Gasteiger partial charge in [0.15, 0.2) is 5.76 Å². The van der Waals surface area contributed by atoms with Gasteiger partial charge in [0.2, 0.25) is 0 Å². The van der Waals surface area contributed by atoms with E-state index in [-0.39, 0.29) is 23.7 Å². The third-order valence-electron chi connectivity index (χ3n) is 3.85. The van der Waals surface area contributed by atoms with E-state index < -0.39 is 18.6 Å². The fraction of sp³-hybridized carbons (Fsp3) is 0.211. The zero-order chi connectivity index (χ0) is 19.4. The highest BCUT2D eigenvalue weighted by Crippen LogP contribution is 2.29. The molecule has 1 amide bonds. The molecule has 3 aromatic rings. The van der Waals surface area contributed by atoms with Gasteiger partial charge in [-0.3, -0.25) is 4.79 Å². The summed E-state index contributed by atoms with van der Waals surface area (Å²) in [5.41, 5.74) is 1.48. The van der Waals surface area contributed by atoms with Crippen LogP contribution in [0, 0.1) is 0 Å². The Morgan fingerprint density at radius 3 is 2.44 bits per heavy atom. The lowest BCUT2D eigenvalue weighted by Gasteiger charge is -2.14. The fourth-order valence-electron chi connectivity index (χ4n) is 2.69. The first-order chi connectivity index (χ1) is 12.9. The molecule has 0 aliphatic rings. The number of para-hydroxylation sites is 3. The quantitative estimate of drug-likeness (QED) is 0.646. The number of carbonyl (C=O) groups is 1. The van der Waals surface area contributed by atoms with Gasteiger partial charge in [0, 0.05) is 18.1 Å². The zero-order valence-electron chi connectivity index (χ0n) is 14.4. The normalized spacial score (nSPS) is 11.6. The number of methoxy groups -OCH3 is 1. The second-order valence-electron chi connectivity index (χ2n) is 5.81. The average molecular weight is 378 g/mol. The molecule has 8 heteroatoms. The standard InChI is InChI=1S/C19H17F3N2O3/c1-26-10-13-12-6-2-5-9-16(12)27-17(13)18(25)24-15-8-4-3-7-14(15)23-11-19(20,21)22/h2-9,23H,10-11H2,1H3,(H,24,25). The van der Waals surface area contributed by atoms with E-state index in [1.807, 2.05) is 12.1 Å². The molecule has 0 aliphatic heterocycles. The Bertz CT molecular complexity index is 951. The number of hydrogen-bond acceptors (Lipinski definition) is 4. The minimum atomic E-state index is -4.37. The molecule has 3 rings (SSSR count). The van der Waals surface area contributed by atoms with E-state index in [2.05, 4.69) is 10.6 Å². The van der Waals surface area contributed by atoms with E-state index in [1.165, 1.54) is 19.2 Å². The van der Waals surface area contributed by atoms with Crippen LogP contribution in [0.15, 0.2) is 52.9 Å². The molecule has 0 radical (unpaired) electrons. The number of halogens is 3. The van der Waals surface area contributed by atoms with Crippen molar-refractivity contribution in [1.82, 2.24) is 0 Å². The van der Waals surface area contributed by atoms with Gasteiger partial charge in [-0.25, -0.2) is 0 Å². The van der Waals surface area contributed by atoms with Crippen LogP contribution in [0.25, 0.3) is 11.0 Å². The summed E-state index contributed by atoms with van der Waals surface area (Å²) in [6.45, 7) is -1.05. The molecule has 0 bridgehead atoms. The van der Waals surface area contributed by atoms with Crippen molar-refractivity contribution in [3.63, 3.8) is 0 Å². The van der Waals surface area contributed by atoms with Gasteiger partial charge >= 0.3 is 6.18 Å². The first kappa shape index (κ1) is 18.8. The maximum absolute atomic E-state index is 12.7. The van der Waals surface area contributed by atoms with Gasteiger partial charge in [0.1, 0.15) is 12.1 Å². The van der Waals surface area contributed by atoms with Gasteiger partial charge in [-0.2, -0.15) is 13.2 Å².